The van der Waals surface area contributed by atoms with E-state index in [4.69, 9.17) is 4.74 Å². The van der Waals surface area contributed by atoms with Gasteiger partial charge in [0.05, 0.1) is 6.61 Å². The van der Waals surface area contributed by atoms with Crippen molar-refractivity contribution >= 4 is 21.4 Å². The lowest BCUT2D eigenvalue weighted by Gasteiger charge is -2.28. The number of fused-ring (bicyclic) bond motifs is 1. The van der Waals surface area contributed by atoms with Crippen molar-refractivity contribution in [3.05, 3.63) is 53.8 Å². The molecule has 1 nitrogen and oxygen atoms in total. The molecule has 0 amide bonds. The predicted octanol–water partition coefficient (Wildman–Crippen LogP) is 10.8. The Morgan fingerprint density at radius 1 is 0.778 bits per heavy atom. The maximum absolute atomic E-state index is 15.3. The minimum absolute atomic E-state index is 0.0788. The van der Waals surface area contributed by atoms with Crippen molar-refractivity contribution < 1.29 is 9.13 Å². The average molecular weight is 507 g/mol. The van der Waals surface area contributed by atoms with Crippen LogP contribution >= 0.6 is 11.3 Å². The lowest BCUT2D eigenvalue weighted by atomic mass is 9.77. The van der Waals surface area contributed by atoms with Crippen molar-refractivity contribution in [3.63, 3.8) is 0 Å². The second-order valence-electron chi connectivity index (χ2n) is 11.5. The van der Waals surface area contributed by atoms with E-state index >= 15 is 4.39 Å². The monoisotopic (exact) mass is 506 g/mol. The number of halogens is 1. The molecule has 0 saturated heterocycles. The number of benzene rings is 2. The van der Waals surface area contributed by atoms with Crippen LogP contribution in [0, 0.1) is 23.6 Å². The third kappa shape index (κ3) is 6.15. The third-order valence-electron chi connectivity index (χ3n) is 8.91. The van der Waals surface area contributed by atoms with E-state index in [1.165, 1.54) is 92.7 Å². The molecule has 36 heavy (non-hydrogen) atoms. The van der Waals surface area contributed by atoms with Gasteiger partial charge < -0.3 is 4.74 Å². The Morgan fingerprint density at radius 3 is 2.11 bits per heavy atom. The highest BCUT2D eigenvalue weighted by molar-refractivity contribution is 7.22. The average Bonchev–Trinajstić information content (AvgIpc) is 3.32. The molecule has 3 heteroatoms. The van der Waals surface area contributed by atoms with Crippen LogP contribution < -0.4 is 4.74 Å². The number of ether oxygens (including phenoxy) is 1. The first-order chi connectivity index (χ1) is 17.6. The molecule has 2 aliphatic rings. The van der Waals surface area contributed by atoms with E-state index in [1.54, 1.807) is 11.3 Å². The molecule has 0 unspecified atom stereocenters. The van der Waals surface area contributed by atoms with Gasteiger partial charge in [0, 0.05) is 15.1 Å². The van der Waals surface area contributed by atoms with Gasteiger partial charge in [-0.2, -0.15) is 0 Å². The van der Waals surface area contributed by atoms with E-state index in [9.17, 15) is 0 Å². The summed E-state index contributed by atoms with van der Waals surface area (Å²) < 4.78 is 22.7. The Labute approximate surface area is 221 Å². The Bertz CT molecular complexity index is 1120. The number of rotatable bonds is 9. The fourth-order valence-electron chi connectivity index (χ4n) is 6.72. The van der Waals surface area contributed by atoms with E-state index in [0.29, 0.717) is 11.8 Å². The van der Waals surface area contributed by atoms with Crippen LogP contribution in [0.1, 0.15) is 102 Å². The zero-order valence-electron chi connectivity index (χ0n) is 22.2. The minimum atomic E-state index is -0.0788. The van der Waals surface area contributed by atoms with Crippen LogP contribution in [0.5, 0.6) is 5.75 Å². The van der Waals surface area contributed by atoms with E-state index in [1.807, 2.05) is 12.1 Å². The highest BCUT2D eigenvalue weighted by atomic mass is 32.1. The van der Waals surface area contributed by atoms with Crippen LogP contribution in [0.2, 0.25) is 0 Å². The first-order valence-corrected chi connectivity index (χ1v) is 15.4. The van der Waals surface area contributed by atoms with E-state index < -0.39 is 0 Å². The smallest absolute Gasteiger partial charge is 0.132 e. The van der Waals surface area contributed by atoms with Crippen LogP contribution in [0.3, 0.4) is 0 Å². The van der Waals surface area contributed by atoms with Crippen LogP contribution in [0.15, 0.2) is 42.5 Å². The lowest BCUT2D eigenvalue weighted by Crippen LogP contribution is -2.20. The Morgan fingerprint density at radius 2 is 1.44 bits per heavy atom. The molecule has 2 saturated carbocycles. The summed E-state index contributed by atoms with van der Waals surface area (Å²) in [5.41, 5.74) is 1.91. The van der Waals surface area contributed by atoms with E-state index in [2.05, 4.69) is 44.2 Å². The number of thiophene rings is 1. The zero-order chi connectivity index (χ0) is 24.9. The largest absolute Gasteiger partial charge is 0.493 e. The van der Waals surface area contributed by atoms with E-state index in [-0.39, 0.29) is 5.82 Å². The Kier molecular flexibility index (Phi) is 8.67. The highest BCUT2D eigenvalue weighted by Crippen LogP contribution is 2.41. The molecular weight excluding hydrogens is 463 g/mol. The van der Waals surface area contributed by atoms with Gasteiger partial charge >= 0.3 is 0 Å². The van der Waals surface area contributed by atoms with Crippen LogP contribution in [0.4, 0.5) is 4.39 Å². The van der Waals surface area contributed by atoms with Crippen molar-refractivity contribution in [1.29, 1.82) is 0 Å². The molecule has 2 fully saturated rings. The fraction of sp³-hybridized carbons (Fsp3) is 0.576. The van der Waals surface area contributed by atoms with Gasteiger partial charge in [-0.25, -0.2) is 4.39 Å². The van der Waals surface area contributed by atoms with Crippen LogP contribution in [0.25, 0.3) is 20.5 Å². The normalized spacial score (nSPS) is 24.8. The molecule has 0 spiro atoms. The van der Waals surface area contributed by atoms with Crippen molar-refractivity contribution in [3.8, 4) is 16.2 Å². The highest BCUT2D eigenvalue weighted by Gasteiger charge is 2.23. The zero-order valence-corrected chi connectivity index (χ0v) is 23.1. The summed E-state index contributed by atoms with van der Waals surface area (Å²) in [6.07, 6.45) is 15.6. The molecule has 0 aliphatic heterocycles. The Balaban J connectivity index is 1.21. The van der Waals surface area contributed by atoms with Crippen LogP contribution in [-0.4, -0.2) is 6.61 Å². The second-order valence-corrected chi connectivity index (χ2v) is 12.6. The van der Waals surface area contributed by atoms with Gasteiger partial charge in [-0.15, -0.1) is 11.3 Å². The molecule has 3 aromatic rings. The fourth-order valence-corrected chi connectivity index (χ4v) is 7.84. The molecule has 5 rings (SSSR count). The molecule has 1 aromatic heterocycles. The summed E-state index contributed by atoms with van der Waals surface area (Å²) in [7, 11) is 0. The molecule has 0 atom stereocenters. The Hall–Kier alpha value is -1.87. The molecule has 194 valence electrons. The summed E-state index contributed by atoms with van der Waals surface area (Å²) >= 11 is 1.67. The summed E-state index contributed by atoms with van der Waals surface area (Å²) in [4.78, 5) is 1.01. The molecule has 0 radical (unpaired) electrons. The topological polar surface area (TPSA) is 9.23 Å². The summed E-state index contributed by atoms with van der Waals surface area (Å²) in [5.74, 6) is 3.88. The van der Waals surface area contributed by atoms with Gasteiger partial charge in [-0.1, -0.05) is 64.5 Å². The standard InChI is InChI=1S/C33H43FOS/c1-3-5-23-7-9-25(10-8-23)22-35-29-17-15-28-20-33(36-32(28)21-29)30-18-16-27(19-31(30)34)26-13-11-24(6-4-2)12-14-26/h15-21,23-26H,3-14,22H2,1-2H3. The van der Waals surface area contributed by atoms with E-state index in [0.717, 1.165) is 34.6 Å². The molecule has 2 aromatic carbocycles. The number of hydrogen-bond acceptors (Lipinski definition) is 2. The SMILES string of the molecule is CCCC1CCC(COc2ccc3cc(-c4ccc(C5CCC(CCC)CC5)cc4F)sc3c2)CC1. The predicted molar refractivity (Wildman–Crippen MR) is 153 cm³/mol. The van der Waals surface area contributed by atoms with Crippen LogP contribution in [-0.2, 0) is 0 Å². The van der Waals surface area contributed by atoms with Gasteiger partial charge in [0.15, 0.2) is 0 Å². The van der Waals surface area contributed by atoms with Gasteiger partial charge in [0.1, 0.15) is 11.6 Å². The lowest BCUT2D eigenvalue weighted by molar-refractivity contribution is 0.179. The quantitative estimate of drug-likeness (QED) is 0.280. The van der Waals surface area contributed by atoms with Gasteiger partial charge in [-0.05, 0) is 103 Å². The number of hydrogen-bond donors (Lipinski definition) is 0. The first kappa shape index (κ1) is 25.8. The molecule has 0 N–H and O–H groups in total. The molecule has 1 heterocycles. The van der Waals surface area contributed by atoms with Crippen molar-refractivity contribution in [2.24, 2.45) is 17.8 Å². The summed E-state index contributed by atoms with van der Waals surface area (Å²) in [6.45, 7) is 5.39. The molecule has 0 bridgehead atoms. The maximum Gasteiger partial charge on any atom is 0.132 e. The second kappa shape index (κ2) is 12.1. The van der Waals surface area contributed by atoms with Crippen molar-refractivity contribution in [2.75, 3.05) is 6.61 Å². The summed E-state index contributed by atoms with van der Waals surface area (Å²) in [5, 5.41) is 1.17. The van der Waals surface area contributed by atoms with Gasteiger partial charge in [0.25, 0.3) is 0 Å². The van der Waals surface area contributed by atoms with Gasteiger partial charge in [0.2, 0.25) is 0 Å². The van der Waals surface area contributed by atoms with Crippen molar-refractivity contribution in [2.45, 2.75) is 96.8 Å². The maximum atomic E-state index is 15.3. The van der Waals surface area contributed by atoms with Crippen molar-refractivity contribution in [1.82, 2.24) is 0 Å². The molecule has 2 aliphatic carbocycles. The third-order valence-corrected chi connectivity index (χ3v) is 10.0. The summed E-state index contributed by atoms with van der Waals surface area (Å²) in [6, 6.07) is 14.5. The molecular formula is C33H43FOS. The van der Waals surface area contributed by atoms with Gasteiger partial charge in [-0.3, -0.25) is 0 Å². The minimum Gasteiger partial charge on any atom is -0.493 e. The first-order valence-electron chi connectivity index (χ1n) is 14.6.